The van der Waals surface area contributed by atoms with E-state index in [4.69, 9.17) is 9.47 Å². The summed E-state index contributed by atoms with van der Waals surface area (Å²) in [6.07, 6.45) is 4.98. The average molecular weight is 530 g/mol. The monoisotopic (exact) mass is 530 g/mol. The highest BCUT2D eigenvalue weighted by Crippen LogP contribution is 2.34. The normalized spacial score (nSPS) is 14.4. The van der Waals surface area contributed by atoms with Gasteiger partial charge in [-0.1, -0.05) is 12.1 Å². The van der Waals surface area contributed by atoms with E-state index in [0.717, 1.165) is 46.6 Å². The van der Waals surface area contributed by atoms with Gasteiger partial charge >= 0.3 is 0 Å². The number of benzene rings is 1. The topological polar surface area (TPSA) is 59.0 Å². The van der Waals surface area contributed by atoms with Crippen molar-refractivity contribution in [3.8, 4) is 11.5 Å². The van der Waals surface area contributed by atoms with E-state index in [2.05, 4.69) is 31.6 Å². The number of thiazole rings is 1. The second kappa shape index (κ2) is 11.6. The summed E-state index contributed by atoms with van der Waals surface area (Å²) in [4.78, 5) is 11.0. The molecule has 1 fully saturated rings. The number of halogens is 1. The zero-order valence-electron chi connectivity index (χ0n) is 17.6. The molecule has 1 aliphatic rings. The zero-order chi connectivity index (χ0) is 19.9. The summed E-state index contributed by atoms with van der Waals surface area (Å²) in [5, 5.41) is 6.62. The Morgan fingerprint density at radius 2 is 2.10 bits per heavy atom. The molecule has 1 N–H and O–H groups in total. The van der Waals surface area contributed by atoms with Crippen LogP contribution in [0.3, 0.4) is 0 Å². The van der Waals surface area contributed by atoms with E-state index in [1.165, 1.54) is 12.8 Å². The van der Waals surface area contributed by atoms with Crippen LogP contribution in [-0.4, -0.2) is 43.2 Å². The van der Waals surface area contributed by atoms with Crippen LogP contribution in [0, 0.1) is 6.92 Å². The summed E-state index contributed by atoms with van der Waals surface area (Å²) >= 11 is 1.67. The average Bonchev–Trinajstić information content (AvgIpc) is 3.35. The van der Waals surface area contributed by atoms with E-state index in [-0.39, 0.29) is 30.1 Å². The van der Waals surface area contributed by atoms with Crippen molar-refractivity contribution in [3.05, 3.63) is 39.8 Å². The minimum absolute atomic E-state index is 0. The van der Waals surface area contributed by atoms with Crippen LogP contribution in [-0.2, 0) is 13.1 Å². The Kier molecular flexibility index (Phi) is 9.48. The predicted molar refractivity (Wildman–Crippen MR) is 130 cm³/mol. The first-order chi connectivity index (χ1) is 13.6. The maximum Gasteiger partial charge on any atom is 0.194 e. The van der Waals surface area contributed by atoms with Crippen LogP contribution in [0.1, 0.15) is 41.9 Å². The molecule has 1 aliphatic carbocycles. The van der Waals surface area contributed by atoms with E-state index < -0.39 is 0 Å². The SMILES string of the molecule is CN=C(NCc1cccc(OC)c1OC1CCCC1)N(C)Cc1csc(C)n1.I. The molecule has 0 spiro atoms. The molecule has 0 unspecified atom stereocenters. The fraction of sp³-hybridized carbons (Fsp3) is 0.524. The Bertz CT molecular complexity index is 806. The molecule has 2 aromatic rings. The molecule has 160 valence electrons. The molecule has 6 nitrogen and oxygen atoms in total. The van der Waals surface area contributed by atoms with E-state index in [9.17, 15) is 0 Å². The number of ether oxygens (including phenoxy) is 2. The maximum absolute atomic E-state index is 6.33. The van der Waals surface area contributed by atoms with Gasteiger partial charge in [-0.05, 0) is 38.7 Å². The molecule has 8 heteroatoms. The highest BCUT2D eigenvalue weighted by Gasteiger charge is 2.21. The number of aryl methyl sites for hydroxylation is 1. The van der Waals surface area contributed by atoms with Crippen molar-refractivity contribution < 1.29 is 9.47 Å². The second-order valence-electron chi connectivity index (χ2n) is 7.09. The van der Waals surface area contributed by atoms with Crippen LogP contribution in [0.5, 0.6) is 11.5 Å². The lowest BCUT2D eigenvalue weighted by molar-refractivity contribution is 0.198. The van der Waals surface area contributed by atoms with Gasteiger partial charge in [-0.15, -0.1) is 35.3 Å². The fourth-order valence-corrected chi connectivity index (χ4v) is 4.13. The van der Waals surface area contributed by atoms with Crippen LogP contribution in [0.15, 0.2) is 28.6 Å². The number of aromatic nitrogens is 1. The number of nitrogens with one attached hydrogen (secondary N) is 1. The summed E-state index contributed by atoms with van der Waals surface area (Å²) < 4.78 is 11.9. The Balaban J connectivity index is 0.00000300. The molecule has 0 aliphatic heterocycles. The maximum atomic E-state index is 6.33. The number of nitrogens with zero attached hydrogens (tertiary/aromatic N) is 3. The third-order valence-electron chi connectivity index (χ3n) is 4.94. The van der Waals surface area contributed by atoms with Crippen molar-refractivity contribution in [2.24, 2.45) is 4.99 Å². The number of rotatable bonds is 7. The van der Waals surface area contributed by atoms with Crippen LogP contribution >= 0.6 is 35.3 Å². The van der Waals surface area contributed by atoms with Crippen molar-refractivity contribution in [1.29, 1.82) is 0 Å². The van der Waals surface area contributed by atoms with Crippen molar-refractivity contribution in [2.75, 3.05) is 21.2 Å². The molecule has 1 aromatic carbocycles. The number of guanidine groups is 1. The third kappa shape index (κ3) is 6.47. The Morgan fingerprint density at radius 1 is 1.34 bits per heavy atom. The summed E-state index contributed by atoms with van der Waals surface area (Å²) in [7, 11) is 5.51. The van der Waals surface area contributed by atoms with Crippen LogP contribution < -0.4 is 14.8 Å². The molecule has 0 atom stereocenters. The molecule has 0 bridgehead atoms. The number of methoxy groups -OCH3 is 1. The van der Waals surface area contributed by atoms with E-state index >= 15 is 0 Å². The number of hydrogen-bond donors (Lipinski definition) is 1. The molecule has 0 radical (unpaired) electrons. The first-order valence-electron chi connectivity index (χ1n) is 9.76. The number of hydrogen-bond acceptors (Lipinski definition) is 5. The lowest BCUT2D eigenvalue weighted by Gasteiger charge is -2.23. The van der Waals surface area contributed by atoms with Crippen molar-refractivity contribution in [2.45, 2.75) is 51.8 Å². The Hall–Kier alpha value is -1.55. The number of para-hydroxylation sites is 1. The first-order valence-corrected chi connectivity index (χ1v) is 10.6. The minimum atomic E-state index is 0. The Labute approximate surface area is 194 Å². The quantitative estimate of drug-likeness (QED) is 0.322. The van der Waals surface area contributed by atoms with Gasteiger partial charge in [0.25, 0.3) is 0 Å². The summed E-state index contributed by atoms with van der Waals surface area (Å²) in [6, 6.07) is 6.04. The molecule has 1 aromatic heterocycles. The van der Waals surface area contributed by atoms with E-state index in [0.29, 0.717) is 13.1 Å². The molecule has 29 heavy (non-hydrogen) atoms. The van der Waals surface area contributed by atoms with E-state index in [1.54, 1.807) is 25.5 Å². The van der Waals surface area contributed by atoms with Crippen molar-refractivity contribution in [1.82, 2.24) is 15.2 Å². The molecule has 1 heterocycles. The predicted octanol–water partition coefficient (Wildman–Crippen LogP) is 4.61. The van der Waals surface area contributed by atoms with Gasteiger partial charge in [0.15, 0.2) is 17.5 Å². The van der Waals surface area contributed by atoms with Crippen LogP contribution in [0.25, 0.3) is 0 Å². The van der Waals surface area contributed by atoms with Gasteiger partial charge in [0.1, 0.15) is 0 Å². The van der Waals surface area contributed by atoms with Crippen LogP contribution in [0.2, 0.25) is 0 Å². The molecular formula is C21H31IN4O2S. The van der Waals surface area contributed by atoms with E-state index in [1.807, 2.05) is 26.1 Å². The fourth-order valence-electron chi connectivity index (χ4n) is 3.53. The van der Waals surface area contributed by atoms with Gasteiger partial charge in [-0.3, -0.25) is 4.99 Å². The van der Waals surface area contributed by atoms with Crippen molar-refractivity contribution >= 4 is 41.3 Å². The molecule has 0 saturated heterocycles. The van der Waals surface area contributed by atoms with Gasteiger partial charge < -0.3 is 19.7 Å². The first kappa shape index (κ1) is 23.7. The zero-order valence-corrected chi connectivity index (χ0v) is 20.8. The van der Waals surface area contributed by atoms with Gasteiger partial charge in [0.2, 0.25) is 0 Å². The number of aliphatic imine (C=N–C) groups is 1. The van der Waals surface area contributed by atoms with Gasteiger partial charge in [-0.25, -0.2) is 4.98 Å². The standard InChI is InChI=1S/C21H30N4O2S.HI/c1-15-24-17(14-28-15)13-25(3)21(22-2)23-12-16-8-7-11-19(26-4)20(16)27-18-9-5-6-10-18;/h7-8,11,14,18H,5-6,9-10,12-13H2,1-4H3,(H,22,23);1H. The second-order valence-corrected chi connectivity index (χ2v) is 8.15. The van der Waals surface area contributed by atoms with Crippen molar-refractivity contribution in [3.63, 3.8) is 0 Å². The van der Waals surface area contributed by atoms with Gasteiger partial charge in [0, 0.05) is 31.6 Å². The highest BCUT2D eigenvalue weighted by molar-refractivity contribution is 14.0. The van der Waals surface area contributed by atoms with Gasteiger partial charge in [-0.2, -0.15) is 0 Å². The molecule has 0 amide bonds. The molecule has 1 saturated carbocycles. The third-order valence-corrected chi connectivity index (χ3v) is 5.77. The molecular weight excluding hydrogens is 499 g/mol. The Morgan fingerprint density at radius 3 is 2.72 bits per heavy atom. The van der Waals surface area contributed by atoms with Crippen LogP contribution in [0.4, 0.5) is 0 Å². The molecule has 3 rings (SSSR count). The summed E-state index contributed by atoms with van der Waals surface area (Å²) in [6.45, 7) is 3.36. The summed E-state index contributed by atoms with van der Waals surface area (Å²) in [5.41, 5.74) is 2.13. The lowest BCUT2D eigenvalue weighted by Crippen LogP contribution is -2.38. The summed E-state index contributed by atoms with van der Waals surface area (Å²) in [5.74, 6) is 2.45. The van der Waals surface area contributed by atoms with Gasteiger partial charge in [0.05, 0.1) is 30.5 Å². The largest absolute Gasteiger partial charge is 0.493 e. The smallest absolute Gasteiger partial charge is 0.194 e. The highest BCUT2D eigenvalue weighted by atomic mass is 127. The minimum Gasteiger partial charge on any atom is -0.493 e. The lowest BCUT2D eigenvalue weighted by atomic mass is 10.1.